The summed E-state index contributed by atoms with van der Waals surface area (Å²) in [5.41, 5.74) is 3.18. The Morgan fingerprint density at radius 3 is 1.52 bits per heavy atom. The summed E-state index contributed by atoms with van der Waals surface area (Å²) in [4.78, 5) is 52.6. The lowest BCUT2D eigenvalue weighted by Gasteiger charge is -2.17. The minimum Gasteiger partial charge on any atom is -0.497 e. The number of anilines is 4. The van der Waals surface area contributed by atoms with Gasteiger partial charge in [-0.2, -0.15) is 10.2 Å². The Balaban J connectivity index is 0.000000228. The highest BCUT2D eigenvalue weighted by atomic mass is 32.2. The fourth-order valence-electron chi connectivity index (χ4n) is 6.23. The van der Waals surface area contributed by atoms with Crippen LogP contribution in [-0.4, -0.2) is 66.3 Å². The number of carbonyl (C=O) groups is 2. The van der Waals surface area contributed by atoms with Crippen molar-refractivity contribution >= 4 is 55.9 Å². The van der Waals surface area contributed by atoms with Gasteiger partial charge in [-0.3, -0.25) is 27.6 Å². The van der Waals surface area contributed by atoms with E-state index in [4.69, 9.17) is 9.47 Å². The second-order valence-electron chi connectivity index (χ2n) is 13.2. The molecule has 2 N–H and O–H groups in total. The third-order valence-electron chi connectivity index (χ3n) is 9.24. The predicted octanol–water partition coefficient (Wildman–Crippen LogP) is 7.24. The van der Waals surface area contributed by atoms with Gasteiger partial charge in [0.1, 0.15) is 34.3 Å². The fraction of sp³-hybridized carbons (Fsp3) is 0.227. The molecule has 2 aromatic heterocycles. The molecule has 0 saturated heterocycles. The van der Waals surface area contributed by atoms with E-state index in [2.05, 4.69) is 20.8 Å². The fourth-order valence-corrected chi connectivity index (χ4v) is 7.27. The molecule has 16 heteroatoms. The van der Waals surface area contributed by atoms with E-state index in [9.17, 15) is 27.6 Å². The van der Waals surface area contributed by atoms with Crippen LogP contribution in [0.1, 0.15) is 48.4 Å². The smallest absolute Gasteiger partial charge is 0.291 e. The molecule has 0 aliphatic heterocycles. The summed E-state index contributed by atoms with van der Waals surface area (Å²) < 4.78 is 36.6. The Bertz CT molecular complexity index is 2710. The van der Waals surface area contributed by atoms with Crippen LogP contribution in [0.4, 0.5) is 22.7 Å². The molecule has 6 rings (SSSR count). The number of ketones is 2. The van der Waals surface area contributed by atoms with Gasteiger partial charge in [-0.15, -0.1) is 0 Å². The van der Waals surface area contributed by atoms with Gasteiger partial charge in [-0.05, 0) is 76.2 Å². The molecule has 0 spiro atoms. The van der Waals surface area contributed by atoms with E-state index < -0.39 is 27.2 Å². The number of aromatic nitrogens is 4. The minimum atomic E-state index is -1.12. The number of carbonyl (C=O) groups excluding carboxylic acids is 2. The molecular formula is C44H46N6O8S2. The molecule has 0 radical (unpaired) electrons. The van der Waals surface area contributed by atoms with Gasteiger partial charge in [0.25, 0.3) is 11.1 Å². The molecule has 2 unspecified atom stereocenters. The van der Waals surface area contributed by atoms with Gasteiger partial charge < -0.3 is 20.1 Å². The van der Waals surface area contributed by atoms with E-state index in [1.807, 2.05) is 26.0 Å². The van der Waals surface area contributed by atoms with Crippen molar-refractivity contribution in [2.45, 2.75) is 50.6 Å². The van der Waals surface area contributed by atoms with Crippen LogP contribution in [0.25, 0.3) is 22.5 Å². The number of benzene rings is 4. The Morgan fingerprint density at radius 2 is 1.10 bits per heavy atom. The highest BCUT2D eigenvalue weighted by Crippen LogP contribution is 2.32. The Kier molecular flexibility index (Phi) is 14.8. The van der Waals surface area contributed by atoms with Gasteiger partial charge in [0, 0.05) is 79.9 Å². The summed E-state index contributed by atoms with van der Waals surface area (Å²) in [6.07, 6.45) is 3.20. The van der Waals surface area contributed by atoms with Crippen LogP contribution in [0.5, 0.6) is 11.5 Å². The molecule has 0 saturated carbocycles. The van der Waals surface area contributed by atoms with Gasteiger partial charge in [-0.1, -0.05) is 42.5 Å². The van der Waals surface area contributed by atoms with E-state index in [1.165, 1.54) is 30.3 Å². The third-order valence-corrected chi connectivity index (χ3v) is 11.1. The van der Waals surface area contributed by atoms with Gasteiger partial charge >= 0.3 is 0 Å². The summed E-state index contributed by atoms with van der Waals surface area (Å²) in [5, 5.41) is 15.1. The number of nitrogens with one attached hydrogen (secondary N) is 2. The molecule has 0 aliphatic carbocycles. The first-order chi connectivity index (χ1) is 28.7. The Hall–Kier alpha value is -6.52. The first-order valence-electron chi connectivity index (χ1n) is 18.7. The van der Waals surface area contributed by atoms with Crippen molar-refractivity contribution in [3.05, 3.63) is 129 Å². The SMILES string of the molecule is CCn1nc(-c2ccc(S(C)=O)cc2)c(C(C)=O)c(Nc2cccc(OC)c2)c1=O.CCn1nc(-c2ccc(S(C)=O)cc2)c(C(C)=O)c(Nc2ccccc2OC)c1=O. The highest BCUT2D eigenvalue weighted by Gasteiger charge is 2.24. The van der Waals surface area contributed by atoms with Crippen molar-refractivity contribution in [3.8, 4) is 34.0 Å². The average molecular weight is 851 g/mol. The van der Waals surface area contributed by atoms with Crippen molar-refractivity contribution in [1.82, 2.24) is 19.6 Å². The van der Waals surface area contributed by atoms with Crippen LogP contribution in [-0.2, 0) is 34.7 Å². The monoisotopic (exact) mass is 850 g/mol. The van der Waals surface area contributed by atoms with Crippen LogP contribution in [0.3, 0.4) is 0 Å². The number of Topliss-reactive ketones (excluding diaryl/α,β-unsaturated/α-hetero) is 2. The topological polar surface area (TPSA) is 181 Å². The molecule has 0 amide bonds. The number of ether oxygens (including phenoxy) is 2. The number of para-hydroxylation sites is 2. The summed E-state index contributed by atoms with van der Waals surface area (Å²) >= 11 is 0. The quantitative estimate of drug-likeness (QED) is 0.105. The maximum Gasteiger partial charge on any atom is 0.291 e. The lowest BCUT2D eigenvalue weighted by Crippen LogP contribution is -2.28. The van der Waals surface area contributed by atoms with Crippen LogP contribution in [0.15, 0.2) is 116 Å². The number of nitrogens with zero attached hydrogens (tertiary/aromatic N) is 4. The molecule has 0 bridgehead atoms. The molecule has 14 nitrogen and oxygen atoms in total. The standard InChI is InChI=1S/2C22H23N3O4S/c1-5-25-22(27)21(23-16-7-6-8-17(13-16)29-3)19(14(2)26)20(24-25)15-9-11-18(12-10-15)30(4)28;1-5-25-22(27)21(23-17-8-6-7-9-18(17)29-3)19(14(2)26)20(24-25)15-10-12-16(13-11-15)30(4)28/h2*6-13,23H,5H2,1-4H3. The molecule has 2 heterocycles. The summed E-state index contributed by atoms with van der Waals surface area (Å²) in [5.74, 6) is 0.588. The van der Waals surface area contributed by atoms with Crippen LogP contribution >= 0.6 is 0 Å². The number of aryl methyl sites for hydroxylation is 2. The molecule has 2 atom stereocenters. The van der Waals surface area contributed by atoms with Crippen LogP contribution in [0.2, 0.25) is 0 Å². The van der Waals surface area contributed by atoms with Gasteiger partial charge in [0.2, 0.25) is 0 Å². The first kappa shape index (κ1) is 44.6. The van der Waals surface area contributed by atoms with E-state index in [0.717, 1.165) is 0 Å². The van der Waals surface area contributed by atoms with E-state index in [0.29, 0.717) is 68.3 Å². The van der Waals surface area contributed by atoms with E-state index in [-0.39, 0.29) is 39.6 Å². The number of methoxy groups -OCH3 is 2. The van der Waals surface area contributed by atoms with E-state index >= 15 is 0 Å². The Labute approximate surface area is 352 Å². The van der Waals surface area contributed by atoms with Crippen LogP contribution < -0.4 is 31.2 Å². The maximum atomic E-state index is 13.1. The van der Waals surface area contributed by atoms with Crippen LogP contribution in [0, 0.1) is 0 Å². The van der Waals surface area contributed by atoms with Gasteiger partial charge in [0.15, 0.2) is 11.6 Å². The molecule has 0 aliphatic rings. The molecule has 312 valence electrons. The second-order valence-corrected chi connectivity index (χ2v) is 15.9. The van der Waals surface area contributed by atoms with Crippen molar-refractivity contribution in [1.29, 1.82) is 0 Å². The summed E-state index contributed by atoms with van der Waals surface area (Å²) in [6, 6.07) is 28.2. The predicted molar refractivity (Wildman–Crippen MR) is 236 cm³/mol. The molecule has 6 aromatic rings. The van der Waals surface area contributed by atoms with Gasteiger partial charge in [-0.25, -0.2) is 9.36 Å². The first-order valence-corrected chi connectivity index (χ1v) is 21.8. The minimum absolute atomic E-state index is 0.141. The zero-order valence-electron chi connectivity index (χ0n) is 34.5. The Morgan fingerprint density at radius 1 is 0.633 bits per heavy atom. The van der Waals surface area contributed by atoms with Crippen molar-refractivity contribution < 1.29 is 27.5 Å². The normalized spacial score (nSPS) is 11.7. The molecule has 4 aromatic carbocycles. The average Bonchev–Trinajstić information content (AvgIpc) is 3.25. The summed E-state index contributed by atoms with van der Waals surface area (Å²) in [6.45, 7) is 7.10. The molecular weight excluding hydrogens is 805 g/mol. The maximum absolute atomic E-state index is 13.1. The zero-order chi connectivity index (χ0) is 43.7. The van der Waals surface area contributed by atoms with Crippen molar-refractivity contribution in [2.24, 2.45) is 0 Å². The second kappa shape index (κ2) is 20.0. The highest BCUT2D eigenvalue weighted by molar-refractivity contribution is 7.84. The lowest BCUT2D eigenvalue weighted by atomic mass is 10.0. The lowest BCUT2D eigenvalue weighted by molar-refractivity contribution is 0.101. The zero-order valence-corrected chi connectivity index (χ0v) is 36.2. The number of hydrogen-bond donors (Lipinski definition) is 2. The van der Waals surface area contributed by atoms with Crippen molar-refractivity contribution in [3.63, 3.8) is 0 Å². The summed E-state index contributed by atoms with van der Waals surface area (Å²) in [7, 11) is 0.854. The largest absolute Gasteiger partial charge is 0.497 e. The van der Waals surface area contributed by atoms with Crippen molar-refractivity contribution in [2.75, 3.05) is 37.4 Å². The van der Waals surface area contributed by atoms with E-state index in [1.54, 1.807) is 105 Å². The number of rotatable bonds is 14. The molecule has 60 heavy (non-hydrogen) atoms. The molecule has 0 fully saturated rings. The third kappa shape index (κ3) is 10.0. The van der Waals surface area contributed by atoms with Gasteiger partial charge in [0.05, 0.1) is 31.0 Å². The number of hydrogen-bond acceptors (Lipinski definition) is 12.